The normalized spacial score (nSPS) is 10.8. The lowest BCUT2D eigenvalue weighted by atomic mass is 10.0. The van der Waals surface area contributed by atoms with Gasteiger partial charge in [-0.1, -0.05) is 103 Å². The molecule has 1 aromatic carbocycles. The number of hydrogen-bond donors (Lipinski definition) is 4. The van der Waals surface area contributed by atoms with E-state index < -0.39 is 17.7 Å². The monoisotopic (exact) mass is 463 g/mol. The van der Waals surface area contributed by atoms with Crippen molar-refractivity contribution in [1.29, 1.82) is 0 Å². The number of benzene rings is 1. The van der Waals surface area contributed by atoms with Gasteiger partial charge in [0.1, 0.15) is 11.5 Å². The number of hydrogen-bond acceptors (Lipinski definition) is 5. The number of carbonyl (C=O) groups is 2. The lowest BCUT2D eigenvalue weighted by Crippen LogP contribution is -2.48. The number of unbranched alkanes of at least 4 members (excludes halogenated alkanes) is 15. The summed E-state index contributed by atoms with van der Waals surface area (Å²) in [6, 6.07) is 2.77. The summed E-state index contributed by atoms with van der Waals surface area (Å²) in [4.78, 5) is 24.2. The van der Waals surface area contributed by atoms with Crippen LogP contribution in [0.1, 0.15) is 120 Å². The number of imide groups is 1. The van der Waals surface area contributed by atoms with Gasteiger partial charge in [-0.3, -0.25) is 4.79 Å². The van der Waals surface area contributed by atoms with Crippen molar-refractivity contribution in [3.05, 3.63) is 23.8 Å². The van der Waals surface area contributed by atoms with E-state index in [4.69, 9.17) is 5.84 Å². The fraction of sp³-hybridized carbons (Fsp3) is 0.692. The topological polar surface area (TPSA) is 116 Å². The number of rotatable bonds is 18. The summed E-state index contributed by atoms with van der Waals surface area (Å²) < 4.78 is 0. The molecule has 0 aliphatic rings. The highest BCUT2D eigenvalue weighted by molar-refractivity contribution is 6.05. The summed E-state index contributed by atoms with van der Waals surface area (Å²) in [6.45, 7) is 2.70. The van der Waals surface area contributed by atoms with Gasteiger partial charge in [-0.05, 0) is 18.6 Å². The number of urea groups is 1. The van der Waals surface area contributed by atoms with Crippen LogP contribution >= 0.6 is 0 Å². The van der Waals surface area contributed by atoms with Gasteiger partial charge < -0.3 is 15.5 Å². The van der Waals surface area contributed by atoms with Crippen LogP contribution in [0.15, 0.2) is 18.2 Å². The summed E-state index contributed by atoms with van der Waals surface area (Å²) in [6.07, 6.45) is 20.6. The van der Waals surface area contributed by atoms with Gasteiger partial charge in [0.25, 0.3) is 5.91 Å². The van der Waals surface area contributed by atoms with E-state index in [9.17, 15) is 19.8 Å². The third-order valence-electron chi connectivity index (χ3n) is 5.96. The molecule has 7 heteroatoms. The Morgan fingerprint density at radius 1 is 0.788 bits per heavy atom. The largest absolute Gasteiger partial charge is 0.508 e. The molecule has 0 atom stereocenters. The van der Waals surface area contributed by atoms with Crippen molar-refractivity contribution in [1.82, 2.24) is 10.3 Å². The summed E-state index contributed by atoms with van der Waals surface area (Å²) in [7, 11) is 0. The molecule has 1 aromatic rings. The maximum absolute atomic E-state index is 12.2. The molecule has 0 bridgehead atoms. The Morgan fingerprint density at radius 3 is 1.70 bits per heavy atom. The summed E-state index contributed by atoms with van der Waals surface area (Å²) in [5.41, 5.74) is -0.146. The molecule has 0 aromatic heterocycles. The molecule has 0 saturated carbocycles. The van der Waals surface area contributed by atoms with Crippen LogP contribution in [-0.2, 0) is 0 Å². The van der Waals surface area contributed by atoms with Crippen molar-refractivity contribution in [2.24, 2.45) is 5.84 Å². The van der Waals surface area contributed by atoms with Crippen molar-refractivity contribution in [3.63, 3.8) is 0 Å². The molecule has 3 amide bonds. The second-order valence-electron chi connectivity index (χ2n) is 8.91. The zero-order valence-electron chi connectivity index (χ0n) is 20.5. The fourth-order valence-electron chi connectivity index (χ4n) is 3.88. The van der Waals surface area contributed by atoms with Crippen LogP contribution in [0.4, 0.5) is 4.79 Å². The van der Waals surface area contributed by atoms with Crippen LogP contribution in [-0.4, -0.2) is 33.7 Å². The SMILES string of the molecule is CCCCCCCCCCCCCCCCCCNC(=O)N(N)C(=O)c1ccc(O)cc1O. The Hall–Kier alpha value is -2.28. The van der Waals surface area contributed by atoms with E-state index in [0.29, 0.717) is 11.6 Å². The number of phenolic OH excluding ortho intramolecular Hbond substituents is 2. The molecule has 33 heavy (non-hydrogen) atoms. The van der Waals surface area contributed by atoms with Crippen LogP contribution in [0.3, 0.4) is 0 Å². The van der Waals surface area contributed by atoms with Crippen LogP contribution in [0.2, 0.25) is 0 Å². The average Bonchev–Trinajstić information content (AvgIpc) is 2.80. The van der Waals surface area contributed by atoms with Gasteiger partial charge in [0.15, 0.2) is 0 Å². The van der Waals surface area contributed by atoms with E-state index in [1.54, 1.807) is 0 Å². The van der Waals surface area contributed by atoms with Gasteiger partial charge in [0.2, 0.25) is 0 Å². The molecule has 0 saturated heterocycles. The van der Waals surface area contributed by atoms with E-state index in [2.05, 4.69) is 12.2 Å². The number of nitrogens with one attached hydrogen (secondary N) is 1. The lowest BCUT2D eigenvalue weighted by molar-refractivity contribution is 0.0797. The Balaban J connectivity index is 1.96. The van der Waals surface area contributed by atoms with Crippen molar-refractivity contribution < 1.29 is 19.8 Å². The quantitative estimate of drug-likeness (QED) is 0.0871. The van der Waals surface area contributed by atoms with Crippen LogP contribution in [0.25, 0.3) is 0 Å². The highest BCUT2D eigenvalue weighted by atomic mass is 16.3. The highest BCUT2D eigenvalue weighted by Crippen LogP contribution is 2.23. The summed E-state index contributed by atoms with van der Waals surface area (Å²) in [5, 5.41) is 22.1. The zero-order valence-corrected chi connectivity index (χ0v) is 20.5. The Morgan fingerprint density at radius 2 is 1.24 bits per heavy atom. The Bertz CT molecular complexity index is 682. The van der Waals surface area contributed by atoms with Gasteiger partial charge in [0.05, 0.1) is 5.56 Å². The second kappa shape index (κ2) is 18.2. The second-order valence-corrected chi connectivity index (χ2v) is 8.91. The number of hydrazine groups is 1. The minimum atomic E-state index is -0.836. The van der Waals surface area contributed by atoms with Crippen LogP contribution in [0.5, 0.6) is 11.5 Å². The molecule has 0 fully saturated rings. The minimum absolute atomic E-state index is 0.146. The maximum Gasteiger partial charge on any atom is 0.338 e. The molecule has 7 nitrogen and oxygen atoms in total. The third-order valence-corrected chi connectivity index (χ3v) is 5.96. The molecule has 0 aliphatic carbocycles. The third kappa shape index (κ3) is 13.1. The predicted molar refractivity (Wildman–Crippen MR) is 133 cm³/mol. The lowest BCUT2D eigenvalue weighted by Gasteiger charge is -2.16. The first-order valence-corrected chi connectivity index (χ1v) is 12.9. The van der Waals surface area contributed by atoms with Crippen molar-refractivity contribution in [2.45, 2.75) is 110 Å². The molecular weight excluding hydrogens is 418 g/mol. The van der Waals surface area contributed by atoms with Crippen LogP contribution in [0, 0.1) is 0 Å². The summed E-state index contributed by atoms with van der Waals surface area (Å²) >= 11 is 0. The van der Waals surface area contributed by atoms with E-state index in [1.807, 2.05) is 0 Å². The van der Waals surface area contributed by atoms with Gasteiger partial charge in [-0.15, -0.1) is 0 Å². The Kier molecular flexibility index (Phi) is 15.8. The minimum Gasteiger partial charge on any atom is -0.508 e. The molecule has 0 spiro atoms. The maximum atomic E-state index is 12.2. The average molecular weight is 464 g/mol. The number of nitrogens with zero attached hydrogens (tertiary/aromatic N) is 1. The van der Waals surface area contributed by atoms with Gasteiger partial charge >= 0.3 is 6.03 Å². The van der Waals surface area contributed by atoms with Crippen molar-refractivity contribution in [2.75, 3.05) is 6.54 Å². The van der Waals surface area contributed by atoms with E-state index >= 15 is 0 Å². The molecule has 0 aliphatic heterocycles. The van der Waals surface area contributed by atoms with Gasteiger partial charge in [0, 0.05) is 12.6 Å². The van der Waals surface area contributed by atoms with Crippen molar-refractivity contribution in [3.8, 4) is 11.5 Å². The molecule has 188 valence electrons. The van der Waals surface area contributed by atoms with Crippen LogP contribution < -0.4 is 11.2 Å². The predicted octanol–water partition coefficient (Wildman–Crippen LogP) is 6.38. The number of aromatic hydroxyl groups is 2. The molecule has 0 unspecified atom stereocenters. The van der Waals surface area contributed by atoms with E-state index in [1.165, 1.54) is 95.6 Å². The molecule has 0 radical (unpaired) electrons. The van der Waals surface area contributed by atoms with Gasteiger partial charge in [-0.2, -0.15) is 5.01 Å². The number of amides is 3. The highest BCUT2D eigenvalue weighted by Gasteiger charge is 2.22. The van der Waals surface area contributed by atoms with E-state index in [0.717, 1.165) is 25.3 Å². The first-order chi connectivity index (χ1) is 16.0. The van der Waals surface area contributed by atoms with E-state index in [-0.39, 0.29) is 11.3 Å². The number of nitrogens with two attached hydrogens (primary N) is 1. The first-order valence-electron chi connectivity index (χ1n) is 12.9. The number of carbonyl (C=O) groups excluding carboxylic acids is 2. The zero-order chi connectivity index (χ0) is 24.3. The smallest absolute Gasteiger partial charge is 0.338 e. The molecular formula is C26H45N3O4. The molecule has 5 N–H and O–H groups in total. The Labute approximate surface area is 199 Å². The molecule has 1 rings (SSSR count). The first kappa shape index (κ1) is 28.8. The number of phenols is 2. The standard InChI is InChI=1S/C26H45N3O4/c1-2-3-4-5-6-7-8-9-10-11-12-13-14-15-16-17-20-28-26(33)29(27)25(32)23-19-18-22(30)21-24(23)31/h18-19,21,30-31H,2-17,20,27H2,1H3,(H,28,33). The van der Waals surface area contributed by atoms with Gasteiger partial charge in [-0.25, -0.2) is 10.6 Å². The van der Waals surface area contributed by atoms with Crippen molar-refractivity contribution >= 4 is 11.9 Å². The molecule has 0 heterocycles. The summed E-state index contributed by atoms with van der Waals surface area (Å²) in [5.74, 6) is 4.12. The fourth-order valence-corrected chi connectivity index (χ4v) is 3.88.